The molecule has 0 radical (unpaired) electrons. The van der Waals surface area contributed by atoms with Gasteiger partial charge in [-0.15, -0.1) is 0 Å². The van der Waals surface area contributed by atoms with Crippen LogP contribution >= 0.6 is 23.2 Å². The first-order chi connectivity index (χ1) is 14.9. The minimum absolute atomic E-state index is 0.0683. The molecule has 3 aromatic rings. The lowest BCUT2D eigenvalue weighted by Gasteiger charge is -2.07. The molecule has 0 spiro atoms. The first-order valence-electron chi connectivity index (χ1n) is 8.98. The summed E-state index contributed by atoms with van der Waals surface area (Å²) in [7, 11) is 0. The fourth-order valence-corrected chi connectivity index (χ4v) is 2.74. The molecule has 2 N–H and O–H groups in total. The van der Waals surface area contributed by atoms with Crippen LogP contribution in [0.5, 0.6) is 5.75 Å². The Labute approximate surface area is 187 Å². The van der Waals surface area contributed by atoms with E-state index in [1.54, 1.807) is 42.5 Å². The molecule has 158 valence electrons. The summed E-state index contributed by atoms with van der Waals surface area (Å²) in [5.74, 6) is -1.73. The zero-order valence-corrected chi connectivity index (χ0v) is 17.5. The van der Waals surface area contributed by atoms with Gasteiger partial charge in [0.05, 0.1) is 16.3 Å². The van der Waals surface area contributed by atoms with Crippen molar-refractivity contribution in [3.8, 4) is 5.75 Å². The van der Waals surface area contributed by atoms with E-state index in [-0.39, 0.29) is 17.4 Å². The second-order valence-corrected chi connectivity index (χ2v) is 7.05. The quantitative estimate of drug-likeness (QED) is 0.315. The molecular formula is C22H16Cl2FN3O3. The minimum atomic E-state index is -0.964. The van der Waals surface area contributed by atoms with E-state index in [1.165, 1.54) is 30.5 Å². The Hall–Kier alpha value is -3.42. The minimum Gasteiger partial charge on any atom is -0.489 e. The van der Waals surface area contributed by atoms with Gasteiger partial charge in [0.1, 0.15) is 18.2 Å². The predicted molar refractivity (Wildman–Crippen MR) is 118 cm³/mol. The molecule has 0 atom stereocenters. The lowest BCUT2D eigenvalue weighted by molar-refractivity contribution is -0.136. The first-order valence-corrected chi connectivity index (χ1v) is 9.73. The highest BCUT2D eigenvalue weighted by molar-refractivity contribution is 6.42. The highest BCUT2D eigenvalue weighted by Gasteiger charge is 2.13. The molecule has 9 heteroatoms. The molecule has 0 saturated heterocycles. The van der Waals surface area contributed by atoms with E-state index >= 15 is 0 Å². The summed E-state index contributed by atoms with van der Waals surface area (Å²) in [6, 6.07) is 17.6. The second-order valence-electron chi connectivity index (χ2n) is 6.23. The molecule has 0 unspecified atom stereocenters. The Morgan fingerprint density at radius 1 is 0.968 bits per heavy atom. The van der Waals surface area contributed by atoms with Crippen molar-refractivity contribution in [2.24, 2.45) is 5.10 Å². The van der Waals surface area contributed by atoms with Gasteiger partial charge in [0.25, 0.3) is 0 Å². The number of nitrogens with one attached hydrogen (secondary N) is 2. The van der Waals surface area contributed by atoms with Crippen LogP contribution in [0, 0.1) is 5.82 Å². The number of anilines is 1. The maximum absolute atomic E-state index is 13.7. The van der Waals surface area contributed by atoms with E-state index in [1.807, 2.05) is 0 Å². The van der Waals surface area contributed by atoms with Gasteiger partial charge in [-0.1, -0.05) is 53.5 Å². The third kappa shape index (κ3) is 6.53. The molecule has 2 amide bonds. The molecule has 0 aliphatic rings. The largest absolute Gasteiger partial charge is 0.489 e. The van der Waals surface area contributed by atoms with Crippen LogP contribution < -0.4 is 15.5 Å². The maximum Gasteiger partial charge on any atom is 0.329 e. The number of hydrogen-bond donors (Lipinski definition) is 2. The van der Waals surface area contributed by atoms with Crippen molar-refractivity contribution in [1.29, 1.82) is 0 Å². The molecule has 0 heterocycles. The van der Waals surface area contributed by atoms with Gasteiger partial charge in [-0.2, -0.15) is 5.10 Å². The van der Waals surface area contributed by atoms with Crippen LogP contribution in [-0.2, 0) is 16.2 Å². The van der Waals surface area contributed by atoms with Crippen LogP contribution in [-0.4, -0.2) is 18.0 Å². The van der Waals surface area contributed by atoms with Crippen molar-refractivity contribution in [1.82, 2.24) is 5.43 Å². The summed E-state index contributed by atoms with van der Waals surface area (Å²) in [6.07, 6.45) is 1.35. The smallest absolute Gasteiger partial charge is 0.329 e. The first kappa shape index (κ1) is 22.3. The van der Waals surface area contributed by atoms with Gasteiger partial charge in [-0.25, -0.2) is 9.82 Å². The molecule has 3 rings (SSSR count). The number of benzene rings is 3. The summed E-state index contributed by atoms with van der Waals surface area (Å²) >= 11 is 11.7. The van der Waals surface area contributed by atoms with Gasteiger partial charge in [-0.3, -0.25) is 9.59 Å². The SMILES string of the molecule is O=C(N/N=C/c1cccc(OCc2ccccc2F)c1)C(=O)Nc1ccc(Cl)c(Cl)c1. The van der Waals surface area contributed by atoms with Gasteiger partial charge < -0.3 is 10.1 Å². The molecule has 6 nitrogen and oxygen atoms in total. The average Bonchev–Trinajstić information content (AvgIpc) is 2.76. The third-order valence-electron chi connectivity index (χ3n) is 3.97. The number of hydrogen-bond acceptors (Lipinski definition) is 4. The summed E-state index contributed by atoms with van der Waals surface area (Å²) < 4.78 is 19.3. The molecule has 0 aliphatic carbocycles. The van der Waals surface area contributed by atoms with Gasteiger partial charge in [0.2, 0.25) is 0 Å². The molecule has 0 aliphatic heterocycles. The van der Waals surface area contributed by atoms with Crippen LogP contribution in [0.4, 0.5) is 10.1 Å². The Morgan fingerprint density at radius 3 is 2.55 bits per heavy atom. The van der Waals surface area contributed by atoms with Crippen molar-refractivity contribution >= 4 is 46.9 Å². The fraction of sp³-hybridized carbons (Fsp3) is 0.0455. The Kier molecular flexibility index (Phi) is 7.59. The lowest BCUT2D eigenvalue weighted by atomic mass is 10.2. The topological polar surface area (TPSA) is 79.8 Å². The number of rotatable bonds is 6. The van der Waals surface area contributed by atoms with Crippen molar-refractivity contribution in [3.63, 3.8) is 0 Å². The van der Waals surface area contributed by atoms with E-state index in [9.17, 15) is 14.0 Å². The highest BCUT2D eigenvalue weighted by atomic mass is 35.5. The monoisotopic (exact) mass is 459 g/mol. The number of carbonyl (C=O) groups excluding carboxylic acids is 2. The van der Waals surface area contributed by atoms with Crippen LogP contribution in [0.1, 0.15) is 11.1 Å². The third-order valence-corrected chi connectivity index (χ3v) is 4.71. The van der Waals surface area contributed by atoms with E-state index in [0.717, 1.165) is 0 Å². The Bertz CT molecular complexity index is 1140. The van der Waals surface area contributed by atoms with Crippen LogP contribution in [0.3, 0.4) is 0 Å². The number of carbonyl (C=O) groups is 2. The Morgan fingerprint density at radius 2 is 1.77 bits per heavy atom. The molecule has 0 bridgehead atoms. The lowest BCUT2D eigenvalue weighted by Crippen LogP contribution is -2.32. The van der Waals surface area contributed by atoms with Crippen molar-refractivity contribution < 1.29 is 18.7 Å². The summed E-state index contributed by atoms with van der Waals surface area (Å²) in [4.78, 5) is 23.8. The summed E-state index contributed by atoms with van der Waals surface area (Å²) in [5, 5.41) is 6.72. The number of amides is 2. The fourth-order valence-electron chi connectivity index (χ4n) is 2.44. The normalized spacial score (nSPS) is 10.7. The van der Waals surface area contributed by atoms with Crippen LogP contribution in [0.15, 0.2) is 71.8 Å². The van der Waals surface area contributed by atoms with E-state index in [4.69, 9.17) is 27.9 Å². The Balaban J connectivity index is 1.53. The predicted octanol–water partition coefficient (Wildman–Crippen LogP) is 4.80. The molecule has 0 fully saturated rings. The van der Waals surface area contributed by atoms with Crippen LogP contribution in [0.2, 0.25) is 10.0 Å². The van der Waals surface area contributed by atoms with Crippen molar-refractivity contribution in [2.75, 3.05) is 5.32 Å². The molecule has 3 aromatic carbocycles. The zero-order valence-electron chi connectivity index (χ0n) is 15.9. The zero-order chi connectivity index (χ0) is 22.2. The maximum atomic E-state index is 13.7. The van der Waals surface area contributed by atoms with E-state index < -0.39 is 11.8 Å². The van der Waals surface area contributed by atoms with Gasteiger partial charge >= 0.3 is 11.8 Å². The molecular weight excluding hydrogens is 444 g/mol. The van der Waals surface area contributed by atoms with Gasteiger partial charge in [0.15, 0.2) is 0 Å². The standard InChI is InChI=1S/C22H16Cl2FN3O3/c23-18-9-8-16(11-19(18)24)27-21(29)22(30)28-26-12-14-4-3-6-17(10-14)31-13-15-5-1-2-7-20(15)25/h1-12H,13H2,(H,27,29)(H,28,30)/b26-12+. The summed E-state index contributed by atoms with van der Waals surface area (Å²) in [5.41, 5.74) is 3.49. The molecule has 31 heavy (non-hydrogen) atoms. The van der Waals surface area contributed by atoms with Crippen molar-refractivity contribution in [3.05, 3.63) is 93.7 Å². The average molecular weight is 460 g/mol. The van der Waals surface area contributed by atoms with Crippen molar-refractivity contribution in [2.45, 2.75) is 6.61 Å². The van der Waals surface area contributed by atoms with Gasteiger partial charge in [0, 0.05) is 11.3 Å². The number of halogens is 3. The van der Waals surface area contributed by atoms with E-state index in [0.29, 0.717) is 27.6 Å². The second kappa shape index (κ2) is 10.6. The van der Waals surface area contributed by atoms with Gasteiger partial charge in [-0.05, 0) is 42.0 Å². The van der Waals surface area contributed by atoms with Crippen LogP contribution in [0.25, 0.3) is 0 Å². The molecule has 0 aromatic heterocycles. The summed E-state index contributed by atoms with van der Waals surface area (Å²) in [6.45, 7) is 0.0683. The highest BCUT2D eigenvalue weighted by Crippen LogP contribution is 2.24. The van der Waals surface area contributed by atoms with E-state index in [2.05, 4.69) is 15.8 Å². The molecule has 0 saturated carbocycles. The number of nitrogens with zero attached hydrogens (tertiary/aromatic N) is 1. The number of ether oxygens (including phenoxy) is 1. The number of hydrazone groups is 1.